The highest BCUT2D eigenvalue weighted by Gasteiger charge is 2.48. The van der Waals surface area contributed by atoms with Gasteiger partial charge in [-0.25, -0.2) is 4.98 Å². The summed E-state index contributed by atoms with van der Waals surface area (Å²) in [5.74, 6) is 1.03. The van der Waals surface area contributed by atoms with E-state index in [2.05, 4.69) is 38.0 Å². The summed E-state index contributed by atoms with van der Waals surface area (Å²) in [4.78, 5) is 3.74. The summed E-state index contributed by atoms with van der Waals surface area (Å²) in [6.07, 6.45) is 3.59. The highest BCUT2D eigenvalue weighted by Crippen LogP contribution is 2.51. The molecule has 0 spiro atoms. The zero-order valence-electron chi connectivity index (χ0n) is 10.8. The Morgan fingerprint density at radius 3 is 2.68 bits per heavy atom. The molecule has 2 aromatic heterocycles. The zero-order valence-corrected chi connectivity index (χ0v) is 12.4. The van der Waals surface area contributed by atoms with Crippen LogP contribution in [0.25, 0.3) is 0 Å². The van der Waals surface area contributed by atoms with Gasteiger partial charge in [-0.3, -0.25) is 0 Å². The van der Waals surface area contributed by atoms with Gasteiger partial charge in [-0.2, -0.15) is 4.39 Å². The summed E-state index contributed by atoms with van der Waals surface area (Å²) in [5, 5.41) is 8.19. The van der Waals surface area contributed by atoms with Crippen molar-refractivity contribution >= 4 is 15.9 Å². The molecule has 19 heavy (non-hydrogen) atoms. The first-order valence-electron chi connectivity index (χ1n) is 6.19. The van der Waals surface area contributed by atoms with Crippen LogP contribution in [0.1, 0.15) is 31.2 Å². The van der Waals surface area contributed by atoms with Gasteiger partial charge < -0.3 is 4.57 Å². The number of pyridine rings is 1. The van der Waals surface area contributed by atoms with E-state index in [0.717, 1.165) is 24.2 Å². The van der Waals surface area contributed by atoms with E-state index in [1.54, 1.807) is 6.33 Å². The number of aryl methyl sites for hydroxylation is 1. The van der Waals surface area contributed by atoms with Gasteiger partial charge in [0.1, 0.15) is 16.8 Å². The van der Waals surface area contributed by atoms with E-state index in [1.165, 1.54) is 6.07 Å². The minimum Gasteiger partial charge on any atom is -0.320 e. The molecule has 0 atom stereocenters. The molecular weight excluding hydrogens is 311 g/mol. The summed E-state index contributed by atoms with van der Waals surface area (Å²) in [6.45, 7) is 2.20. The molecule has 0 bridgehead atoms. The number of aromatic nitrogens is 4. The Bertz CT molecular complexity index is 599. The molecule has 1 aliphatic carbocycles. The number of hydrogen-bond donors (Lipinski definition) is 0. The van der Waals surface area contributed by atoms with Crippen LogP contribution in [0.2, 0.25) is 0 Å². The van der Waals surface area contributed by atoms with Crippen LogP contribution in [0, 0.1) is 11.9 Å². The summed E-state index contributed by atoms with van der Waals surface area (Å²) < 4.78 is 16.0. The van der Waals surface area contributed by atoms with E-state index in [9.17, 15) is 4.39 Å². The van der Waals surface area contributed by atoms with Gasteiger partial charge in [0.25, 0.3) is 0 Å². The Kier molecular flexibility index (Phi) is 2.92. The highest BCUT2D eigenvalue weighted by molar-refractivity contribution is 9.10. The zero-order chi connectivity index (χ0) is 13.6. The van der Waals surface area contributed by atoms with Gasteiger partial charge >= 0.3 is 0 Å². The molecule has 0 aliphatic heterocycles. The third-order valence-corrected chi connectivity index (χ3v) is 4.25. The third kappa shape index (κ3) is 1.98. The third-order valence-electron chi connectivity index (χ3n) is 3.85. The van der Waals surface area contributed by atoms with Gasteiger partial charge in [-0.1, -0.05) is 6.92 Å². The monoisotopic (exact) mass is 324 g/mol. The van der Waals surface area contributed by atoms with Crippen molar-refractivity contribution in [3.05, 3.63) is 40.4 Å². The molecule has 3 rings (SSSR count). The van der Waals surface area contributed by atoms with Crippen LogP contribution in [0.5, 0.6) is 0 Å². The fourth-order valence-corrected chi connectivity index (χ4v) is 3.55. The van der Waals surface area contributed by atoms with E-state index in [4.69, 9.17) is 0 Å². The quantitative estimate of drug-likeness (QED) is 0.798. The average Bonchev–Trinajstić information content (AvgIpc) is 2.70. The Hall–Kier alpha value is -1.30. The number of rotatable bonds is 2. The minimum atomic E-state index is -0.467. The van der Waals surface area contributed by atoms with E-state index >= 15 is 0 Å². The van der Waals surface area contributed by atoms with Crippen molar-refractivity contribution in [3.63, 3.8) is 0 Å². The second kappa shape index (κ2) is 4.37. The van der Waals surface area contributed by atoms with E-state index in [1.807, 2.05) is 17.7 Å². The molecule has 0 N–H and O–H groups in total. The Labute approximate surface area is 119 Å². The van der Waals surface area contributed by atoms with Crippen LogP contribution in [-0.2, 0) is 12.5 Å². The van der Waals surface area contributed by atoms with Gasteiger partial charge in [0.15, 0.2) is 0 Å². The largest absolute Gasteiger partial charge is 0.320 e. The molecule has 1 fully saturated rings. The second-order valence-corrected chi connectivity index (χ2v) is 6.17. The first kappa shape index (κ1) is 12.7. The molecular formula is C13H14BrFN4. The highest BCUT2D eigenvalue weighted by atomic mass is 79.9. The standard InChI is InChI=1S/C13H14BrFN4/c1-8-5-13(6-8,12-18-16-7-19(12)2)9-3-10(14)17-11(15)4-9/h3-4,7-8H,5-6H2,1-2H3. The molecule has 0 amide bonds. The minimum absolute atomic E-state index is 0.239. The Morgan fingerprint density at radius 2 is 2.16 bits per heavy atom. The molecule has 100 valence electrons. The summed E-state index contributed by atoms with van der Waals surface area (Å²) >= 11 is 3.26. The summed E-state index contributed by atoms with van der Waals surface area (Å²) in [7, 11) is 1.92. The molecule has 0 aromatic carbocycles. The number of nitrogens with zero attached hydrogens (tertiary/aromatic N) is 4. The fraction of sp³-hybridized carbons (Fsp3) is 0.462. The van der Waals surface area contributed by atoms with Crippen molar-refractivity contribution in [2.24, 2.45) is 13.0 Å². The van der Waals surface area contributed by atoms with Crippen LogP contribution in [0.4, 0.5) is 4.39 Å². The first-order chi connectivity index (χ1) is 9.01. The maximum atomic E-state index is 13.6. The predicted octanol–water partition coefficient (Wildman–Crippen LogP) is 2.83. The Balaban J connectivity index is 2.14. The molecule has 6 heteroatoms. The molecule has 0 radical (unpaired) electrons. The predicted molar refractivity (Wildman–Crippen MR) is 72.1 cm³/mol. The smallest absolute Gasteiger partial charge is 0.214 e. The maximum Gasteiger partial charge on any atom is 0.214 e. The van der Waals surface area contributed by atoms with Gasteiger partial charge in [-0.15, -0.1) is 10.2 Å². The second-order valence-electron chi connectivity index (χ2n) is 5.36. The SMILES string of the molecule is CC1CC(c2cc(F)nc(Br)c2)(c2nncn2C)C1. The average molecular weight is 325 g/mol. The van der Waals surface area contributed by atoms with E-state index in [0.29, 0.717) is 10.5 Å². The maximum absolute atomic E-state index is 13.6. The van der Waals surface area contributed by atoms with Crippen LogP contribution in [0.3, 0.4) is 0 Å². The first-order valence-corrected chi connectivity index (χ1v) is 6.98. The summed E-state index contributed by atoms with van der Waals surface area (Å²) in [5.41, 5.74) is 0.679. The van der Waals surface area contributed by atoms with Crippen molar-refractivity contribution < 1.29 is 4.39 Å². The molecule has 4 nitrogen and oxygen atoms in total. The lowest BCUT2D eigenvalue weighted by Gasteiger charge is -2.46. The van der Waals surface area contributed by atoms with Crippen molar-refractivity contribution in [1.82, 2.24) is 19.7 Å². The van der Waals surface area contributed by atoms with Crippen LogP contribution < -0.4 is 0 Å². The fourth-order valence-electron chi connectivity index (χ4n) is 3.13. The van der Waals surface area contributed by atoms with Gasteiger partial charge in [0.05, 0.1) is 5.41 Å². The Morgan fingerprint density at radius 1 is 1.42 bits per heavy atom. The number of hydrogen-bond acceptors (Lipinski definition) is 3. The summed E-state index contributed by atoms with van der Waals surface area (Å²) in [6, 6.07) is 3.38. The van der Waals surface area contributed by atoms with Crippen molar-refractivity contribution in [1.29, 1.82) is 0 Å². The normalized spacial score (nSPS) is 26.2. The lowest BCUT2D eigenvalue weighted by molar-refractivity contribution is 0.184. The molecule has 2 heterocycles. The van der Waals surface area contributed by atoms with Crippen molar-refractivity contribution in [2.75, 3.05) is 0 Å². The van der Waals surface area contributed by atoms with E-state index < -0.39 is 5.95 Å². The topological polar surface area (TPSA) is 43.6 Å². The molecule has 0 saturated heterocycles. The van der Waals surface area contributed by atoms with Crippen LogP contribution >= 0.6 is 15.9 Å². The van der Waals surface area contributed by atoms with Crippen molar-refractivity contribution in [2.45, 2.75) is 25.2 Å². The molecule has 1 saturated carbocycles. The lowest BCUT2D eigenvalue weighted by atomic mass is 9.58. The number of halogens is 2. The van der Waals surface area contributed by atoms with Gasteiger partial charge in [0, 0.05) is 7.05 Å². The van der Waals surface area contributed by atoms with Gasteiger partial charge in [0.2, 0.25) is 5.95 Å². The van der Waals surface area contributed by atoms with Crippen molar-refractivity contribution in [3.8, 4) is 0 Å². The van der Waals surface area contributed by atoms with Crippen LogP contribution in [0.15, 0.2) is 23.1 Å². The van der Waals surface area contributed by atoms with Gasteiger partial charge in [-0.05, 0) is 52.4 Å². The molecule has 1 aliphatic rings. The lowest BCUT2D eigenvalue weighted by Crippen LogP contribution is -2.43. The molecule has 2 aromatic rings. The molecule has 0 unspecified atom stereocenters. The van der Waals surface area contributed by atoms with Crippen LogP contribution in [-0.4, -0.2) is 19.7 Å². The van der Waals surface area contributed by atoms with E-state index in [-0.39, 0.29) is 5.41 Å².